The number of carbonyl (C=O) groups excluding carboxylic acids is 1. The van der Waals surface area contributed by atoms with Crippen LogP contribution in [0.4, 0.5) is 4.79 Å². The molecule has 5 heteroatoms. The highest BCUT2D eigenvalue weighted by Gasteiger charge is 2.29. The minimum Gasteiger partial charge on any atom is -0.435 e. The van der Waals surface area contributed by atoms with Gasteiger partial charge in [0.05, 0.1) is 6.61 Å². The van der Waals surface area contributed by atoms with E-state index in [9.17, 15) is 10.1 Å². The Hall–Kier alpha value is -2.48. The second-order valence-electron chi connectivity index (χ2n) is 5.41. The van der Waals surface area contributed by atoms with Crippen molar-refractivity contribution < 1.29 is 14.3 Å². The van der Waals surface area contributed by atoms with Gasteiger partial charge in [0.2, 0.25) is 0 Å². The van der Waals surface area contributed by atoms with Gasteiger partial charge in [-0.3, -0.25) is 0 Å². The summed E-state index contributed by atoms with van der Waals surface area (Å²) in [5, 5.41) is 10.5. The molecule has 0 radical (unpaired) electrons. The van der Waals surface area contributed by atoms with E-state index in [-0.39, 0.29) is 6.61 Å². The lowest BCUT2D eigenvalue weighted by atomic mass is 9.98. The molecule has 2 aromatic rings. The number of carbonyl (C=O) groups is 1. The molecule has 0 amide bonds. The quantitative estimate of drug-likeness (QED) is 0.792. The van der Waals surface area contributed by atoms with E-state index in [4.69, 9.17) is 9.47 Å². The van der Waals surface area contributed by atoms with E-state index in [0.29, 0.717) is 12.8 Å². The van der Waals surface area contributed by atoms with E-state index in [1.165, 1.54) is 0 Å². The van der Waals surface area contributed by atoms with Crippen LogP contribution >= 0.6 is 0 Å². The molecule has 0 aliphatic heterocycles. The lowest BCUT2D eigenvalue weighted by molar-refractivity contribution is 0.000186. The third-order valence-corrected chi connectivity index (χ3v) is 3.66. The number of hydrogen-bond donors (Lipinski definition) is 0. The van der Waals surface area contributed by atoms with Gasteiger partial charge in [0.25, 0.3) is 0 Å². The standard InChI is InChI=1S/C17H20N2O3/c1-4-21-16(20)22-17(2,12-18)10-9-13-11-19(3)15-8-6-5-7-14(13)15/h5-8,11H,4,9-10H2,1-3H3. The van der Waals surface area contributed by atoms with Crippen LogP contribution in [0.5, 0.6) is 0 Å². The van der Waals surface area contributed by atoms with Gasteiger partial charge in [0.1, 0.15) is 6.07 Å². The van der Waals surface area contributed by atoms with Crippen LogP contribution < -0.4 is 0 Å². The molecule has 0 aliphatic rings. The van der Waals surface area contributed by atoms with Gasteiger partial charge in [-0.25, -0.2) is 4.79 Å². The molecule has 5 nitrogen and oxygen atoms in total. The molecule has 1 heterocycles. The van der Waals surface area contributed by atoms with Gasteiger partial charge >= 0.3 is 6.16 Å². The van der Waals surface area contributed by atoms with Crippen LogP contribution in [0.25, 0.3) is 10.9 Å². The number of para-hydroxylation sites is 1. The number of benzene rings is 1. The van der Waals surface area contributed by atoms with Gasteiger partial charge in [0, 0.05) is 30.6 Å². The summed E-state index contributed by atoms with van der Waals surface area (Å²) in [7, 11) is 1.99. The minimum absolute atomic E-state index is 0.226. The van der Waals surface area contributed by atoms with Gasteiger partial charge in [-0.05, 0) is 31.9 Å². The Balaban J connectivity index is 2.12. The molecule has 1 aromatic carbocycles. The topological polar surface area (TPSA) is 64.2 Å². The van der Waals surface area contributed by atoms with E-state index in [2.05, 4.69) is 22.8 Å². The minimum atomic E-state index is -1.19. The maximum absolute atomic E-state index is 11.4. The van der Waals surface area contributed by atoms with Crippen LogP contribution in [0.2, 0.25) is 0 Å². The molecule has 0 spiro atoms. The molecule has 2 rings (SSSR count). The molecule has 1 unspecified atom stereocenters. The van der Waals surface area contributed by atoms with E-state index in [0.717, 1.165) is 16.5 Å². The largest absolute Gasteiger partial charge is 0.509 e. The van der Waals surface area contributed by atoms with Crippen LogP contribution in [0.15, 0.2) is 30.5 Å². The van der Waals surface area contributed by atoms with Gasteiger partial charge in [-0.2, -0.15) is 5.26 Å². The Morgan fingerprint density at radius 1 is 1.41 bits per heavy atom. The van der Waals surface area contributed by atoms with Crippen LogP contribution in [0.1, 0.15) is 25.8 Å². The second kappa shape index (κ2) is 6.52. The lowest BCUT2D eigenvalue weighted by Crippen LogP contribution is -2.31. The summed E-state index contributed by atoms with van der Waals surface area (Å²) < 4.78 is 11.9. The summed E-state index contributed by atoms with van der Waals surface area (Å²) in [6.45, 7) is 3.53. The summed E-state index contributed by atoms with van der Waals surface area (Å²) in [6, 6.07) is 10.2. The van der Waals surface area contributed by atoms with E-state index in [1.54, 1.807) is 13.8 Å². The number of fused-ring (bicyclic) bond motifs is 1. The summed E-state index contributed by atoms with van der Waals surface area (Å²) >= 11 is 0. The normalized spacial score (nSPS) is 13.4. The Kier molecular flexibility index (Phi) is 4.71. The third-order valence-electron chi connectivity index (χ3n) is 3.66. The number of hydrogen-bond acceptors (Lipinski definition) is 4. The van der Waals surface area contributed by atoms with Gasteiger partial charge in [-0.15, -0.1) is 0 Å². The van der Waals surface area contributed by atoms with Crippen molar-refractivity contribution in [3.63, 3.8) is 0 Å². The zero-order valence-electron chi connectivity index (χ0n) is 13.1. The highest BCUT2D eigenvalue weighted by atomic mass is 16.7. The monoisotopic (exact) mass is 300 g/mol. The average molecular weight is 300 g/mol. The smallest absolute Gasteiger partial charge is 0.435 e. The molecule has 0 fully saturated rings. The Morgan fingerprint density at radius 2 is 2.14 bits per heavy atom. The maximum atomic E-state index is 11.4. The summed E-state index contributed by atoms with van der Waals surface area (Å²) in [4.78, 5) is 11.4. The average Bonchev–Trinajstić information content (AvgIpc) is 2.82. The summed E-state index contributed by atoms with van der Waals surface area (Å²) in [5.74, 6) is 0. The number of nitriles is 1. The van der Waals surface area contributed by atoms with Crippen molar-refractivity contribution in [3.05, 3.63) is 36.0 Å². The van der Waals surface area contributed by atoms with E-state index in [1.807, 2.05) is 25.4 Å². The van der Waals surface area contributed by atoms with Gasteiger partial charge < -0.3 is 14.0 Å². The first kappa shape index (κ1) is 15.9. The third kappa shape index (κ3) is 3.40. The van der Waals surface area contributed by atoms with Crippen LogP contribution in [0.3, 0.4) is 0 Å². The van der Waals surface area contributed by atoms with Gasteiger partial charge in [-0.1, -0.05) is 18.2 Å². The lowest BCUT2D eigenvalue weighted by Gasteiger charge is -2.21. The second-order valence-corrected chi connectivity index (χ2v) is 5.41. The van der Waals surface area contributed by atoms with Gasteiger partial charge in [0.15, 0.2) is 5.60 Å². The molecule has 0 aliphatic carbocycles. The fourth-order valence-electron chi connectivity index (χ4n) is 2.46. The molecule has 116 valence electrons. The van der Waals surface area contributed by atoms with E-state index >= 15 is 0 Å². The summed E-state index contributed by atoms with van der Waals surface area (Å²) in [5.41, 5.74) is 1.08. The molecule has 0 N–H and O–H groups in total. The first-order valence-corrected chi connectivity index (χ1v) is 7.29. The van der Waals surface area contributed by atoms with Crippen molar-refractivity contribution in [2.75, 3.05) is 6.61 Å². The van der Waals surface area contributed by atoms with E-state index < -0.39 is 11.8 Å². The number of aromatic nitrogens is 1. The van der Waals surface area contributed by atoms with Crippen molar-refractivity contribution in [1.29, 1.82) is 5.26 Å². The SMILES string of the molecule is CCOC(=O)OC(C)(C#N)CCc1cn(C)c2ccccc12. The Bertz CT molecular complexity index is 714. The van der Waals surface area contributed by atoms with Crippen molar-refractivity contribution in [3.8, 4) is 6.07 Å². The predicted octanol–water partition coefficient (Wildman–Crippen LogP) is 3.57. The first-order valence-electron chi connectivity index (χ1n) is 7.29. The molecular formula is C17H20N2O3. The van der Waals surface area contributed by atoms with Crippen LogP contribution in [-0.4, -0.2) is 22.9 Å². The Morgan fingerprint density at radius 3 is 2.82 bits per heavy atom. The highest BCUT2D eigenvalue weighted by Crippen LogP contribution is 2.25. The molecule has 0 saturated carbocycles. The molecule has 0 bridgehead atoms. The zero-order valence-corrected chi connectivity index (χ0v) is 13.1. The van der Waals surface area contributed by atoms with Crippen molar-refractivity contribution in [2.45, 2.75) is 32.3 Å². The van der Waals surface area contributed by atoms with Crippen molar-refractivity contribution in [1.82, 2.24) is 4.57 Å². The first-order chi connectivity index (χ1) is 10.5. The fourth-order valence-corrected chi connectivity index (χ4v) is 2.46. The number of nitrogens with zero attached hydrogens (tertiary/aromatic N) is 2. The number of aryl methyl sites for hydroxylation is 2. The molecule has 1 aromatic heterocycles. The zero-order chi connectivity index (χ0) is 16.2. The summed E-state index contributed by atoms with van der Waals surface area (Å²) in [6.07, 6.45) is 2.30. The number of ether oxygens (including phenoxy) is 2. The van der Waals surface area contributed by atoms with Crippen molar-refractivity contribution >= 4 is 17.1 Å². The molecule has 22 heavy (non-hydrogen) atoms. The molecule has 1 atom stereocenters. The predicted molar refractivity (Wildman–Crippen MR) is 83.4 cm³/mol. The fraction of sp³-hybridized carbons (Fsp3) is 0.412. The molecular weight excluding hydrogens is 280 g/mol. The Labute approximate surface area is 130 Å². The van der Waals surface area contributed by atoms with Crippen LogP contribution in [-0.2, 0) is 22.9 Å². The van der Waals surface area contributed by atoms with Crippen molar-refractivity contribution in [2.24, 2.45) is 7.05 Å². The van der Waals surface area contributed by atoms with Crippen LogP contribution in [0, 0.1) is 11.3 Å². The molecule has 0 saturated heterocycles. The maximum Gasteiger partial charge on any atom is 0.509 e. The number of rotatable bonds is 5. The highest BCUT2D eigenvalue weighted by molar-refractivity contribution is 5.83.